The fourth-order valence-electron chi connectivity index (χ4n) is 2.41. The summed E-state index contributed by atoms with van der Waals surface area (Å²) in [5.41, 5.74) is 2.42. The van der Waals surface area contributed by atoms with Crippen LogP contribution in [0, 0.1) is 0 Å². The zero-order valence-corrected chi connectivity index (χ0v) is 12.0. The van der Waals surface area contributed by atoms with Crippen LogP contribution in [0.25, 0.3) is 21.9 Å². The van der Waals surface area contributed by atoms with Crippen LogP contribution in [0.5, 0.6) is 5.88 Å². The molecule has 8 nitrogen and oxygen atoms in total. The molecular weight excluding hydrogens is 298 g/mol. The molecular formula is C15H11N5O3. The van der Waals surface area contributed by atoms with Gasteiger partial charge in [0, 0.05) is 23.7 Å². The second-order valence-electron chi connectivity index (χ2n) is 4.81. The maximum atomic E-state index is 12.5. The molecule has 23 heavy (non-hydrogen) atoms. The Labute approximate surface area is 129 Å². The van der Waals surface area contributed by atoms with E-state index in [0.29, 0.717) is 39.2 Å². The van der Waals surface area contributed by atoms with E-state index in [-0.39, 0.29) is 5.91 Å². The minimum atomic E-state index is -0.317. The summed E-state index contributed by atoms with van der Waals surface area (Å²) >= 11 is 0. The lowest BCUT2D eigenvalue weighted by molar-refractivity contribution is 0.102. The minimum Gasteiger partial charge on any atom is -0.481 e. The maximum Gasteiger partial charge on any atom is 0.259 e. The number of nitrogens with one attached hydrogen (secondary N) is 2. The Kier molecular flexibility index (Phi) is 2.94. The molecule has 4 rings (SSSR count). The number of fused-ring (bicyclic) bond motifs is 3. The standard InChI is InChI=1S/C15H11N5O3/c1-22-12-3-2-9-14(19-12)13-8(6-16-10(13)7-17-9)15(21)18-11-4-5-23-20-11/h2-7,16H,1H3,(H,18,20,21). The van der Waals surface area contributed by atoms with Gasteiger partial charge in [-0.3, -0.25) is 9.78 Å². The van der Waals surface area contributed by atoms with Crippen molar-refractivity contribution in [3.05, 3.63) is 42.4 Å². The van der Waals surface area contributed by atoms with Gasteiger partial charge in [-0.1, -0.05) is 5.16 Å². The SMILES string of the molecule is COc1ccc2ncc3[nH]cc(C(=O)Nc4ccon4)c3c2n1. The molecule has 0 spiro atoms. The Bertz CT molecular complexity index is 1010. The van der Waals surface area contributed by atoms with Crippen LogP contribution in [-0.4, -0.2) is 33.1 Å². The number of pyridine rings is 2. The number of carbonyl (C=O) groups is 1. The smallest absolute Gasteiger partial charge is 0.259 e. The first-order valence-corrected chi connectivity index (χ1v) is 6.79. The number of aromatic nitrogens is 4. The average Bonchev–Trinajstić information content (AvgIpc) is 3.23. The number of carbonyl (C=O) groups excluding carboxylic acids is 1. The van der Waals surface area contributed by atoms with Crippen molar-refractivity contribution < 1.29 is 14.1 Å². The van der Waals surface area contributed by atoms with Gasteiger partial charge in [0.05, 0.1) is 29.9 Å². The van der Waals surface area contributed by atoms with E-state index < -0.39 is 0 Å². The lowest BCUT2D eigenvalue weighted by Gasteiger charge is -2.04. The van der Waals surface area contributed by atoms with Gasteiger partial charge >= 0.3 is 0 Å². The molecule has 0 fully saturated rings. The Hall–Kier alpha value is -3.42. The molecule has 0 aromatic carbocycles. The maximum absolute atomic E-state index is 12.5. The predicted molar refractivity (Wildman–Crippen MR) is 82.4 cm³/mol. The molecule has 1 amide bonds. The highest BCUT2D eigenvalue weighted by Crippen LogP contribution is 2.27. The third-order valence-corrected chi connectivity index (χ3v) is 3.46. The van der Waals surface area contributed by atoms with Crippen molar-refractivity contribution in [3.8, 4) is 5.88 Å². The van der Waals surface area contributed by atoms with Crippen LogP contribution in [0.3, 0.4) is 0 Å². The molecule has 0 saturated heterocycles. The molecule has 0 unspecified atom stereocenters. The normalized spacial score (nSPS) is 11.0. The number of ether oxygens (including phenoxy) is 1. The van der Waals surface area contributed by atoms with Crippen molar-refractivity contribution in [2.45, 2.75) is 0 Å². The molecule has 0 atom stereocenters. The van der Waals surface area contributed by atoms with Crippen molar-refractivity contribution >= 4 is 33.7 Å². The number of hydrogen-bond donors (Lipinski definition) is 2. The molecule has 0 aliphatic rings. The minimum absolute atomic E-state index is 0.317. The summed E-state index contributed by atoms with van der Waals surface area (Å²) < 4.78 is 9.87. The van der Waals surface area contributed by atoms with E-state index in [2.05, 4.69) is 25.4 Å². The van der Waals surface area contributed by atoms with Crippen molar-refractivity contribution in [3.63, 3.8) is 0 Å². The Morgan fingerprint density at radius 1 is 1.35 bits per heavy atom. The lowest BCUT2D eigenvalue weighted by atomic mass is 10.1. The van der Waals surface area contributed by atoms with Crippen molar-refractivity contribution in [1.29, 1.82) is 0 Å². The van der Waals surface area contributed by atoms with Gasteiger partial charge in [0.2, 0.25) is 5.88 Å². The first-order chi connectivity index (χ1) is 11.3. The zero-order chi connectivity index (χ0) is 15.8. The Morgan fingerprint density at radius 3 is 3.04 bits per heavy atom. The molecule has 114 valence electrons. The van der Waals surface area contributed by atoms with Gasteiger partial charge in [-0.05, 0) is 6.07 Å². The van der Waals surface area contributed by atoms with E-state index in [1.165, 1.54) is 13.4 Å². The van der Waals surface area contributed by atoms with Crippen LogP contribution in [0.15, 0.2) is 41.4 Å². The van der Waals surface area contributed by atoms with Crippen LogP contribution in [0.1, 0.15) is 10.4 Å². The Balaban J connectivity index is 1.89. The van der Waals surface area contributed by atoms with Crippen LogP contribution in [-0.2, 0) is 0 Å². The molecule has 4 heterocycles. The second-order valence-corrected chi connectivity index (χ2v) is 4.81. The van der Waals surface area contributed by atoms with E-state index in [4.69, 9.17) is 9.26 Å². The molecule has 4 aromatic rings. The topological polar surface area (TPSA) is 106 Å². The van der Waals surface area contributed by atoms with Crippen LogP contribution < -0.4 is 10.1 Å². The number of hydrogen-bond acceptors (Lipinski definition) is 6. The van der Waals surface area contributed by atoms with Gasteiger partial charge in [-0.2, -0.15) is 0 Å². The molecule has 0 saturated carbocycles. The van der Waals surface area contributed by atoms with Gasteiger partial charge in [0.15, 0.2) is 5.82 Å². The van der Waals surface area contributed by atoms with Gasteiger partial charge in [-0.25, -0.2) is 4.98 Å². The number of nitrogens with zero attached hydrogens (tertiary/aromatic N) is 3. The summed E-state index contributed by atoms with van der Waals surface area (Å²) in [6.45, 7) is 0. The molecule has 0 aliphatic carbocycles. The van der Waals surface area contributed by atoms with E-state index in [9.17, 15) is 4.79 Å². The van der Waals surface area contributed by atoms with E-state index in [1.54, 1.807) is 30.6 Å². The molecule has 0 radical (unpaired) electrons. The van der Waals surface area contributed by atoms with E-state index in [0.717, 1.165) is 0 Å². The molecule has 0 aliphatic heterocycles. The molecule has 8 heteroatoms. The van der Waals surface area contributed by atoms with Crippen LogP contribution in [0.4, 0.5) is 5.82 Å². The summed E-state index contributed by atoms with van der Waals surface area (Å²) in [5, 5.41) is 7.01. The lowest BCUT2D eigenvalue weighted by Crippen LogP contribution is -2.11. The molecule has 2 N–H and O–H groups in total. The number of rotatable bonds is 3. The summed E-state index contributed by atoms with van der Waals surface area (Å²) in [5.74, 6) is 0.478. The number of methoxy groups -OCH3 is 1. The highest BCUT2D eigenvalue weighted by Gasteiger charge is 2.17. The number of anilines is 1. The Morgan fingerprint density at radius 2 is 2.26 bits per heavy atom. The predicted octanol–water partition coefficient (Wildman–Crippen LogP) is 2.36. The summed E-state index contributed by atoms with van der Waals surface area (Å²) in [6.07, 6.45) is 4.66. The second kappa shape index (κ2) is 5.09. The molecule has 0 bridgehead atoms. The molecule has 4 aromatic heterocycles. The highest BCUT2D eigenvalue weighted by atomic mass is 16.5. The van der Waals surface area contributed by atoms with Gasteiger partial charge < -0.3 is 19.6 Å². The highest BCUT2D eigenvalue weighted by molar-refractivity contribution is 6.18. The third kappa shape index (κ3) is 2.16. The fraction of sp³-hybridized carbons (Fsp3) is 0.0667. The number of aromatic amines is 1. The van der Waals surface area contributed by atoms with Crippen molar-refractivity contribution in [2.24, 2.45) is 0 Å². The first-order valence-electron chi connectivity index (χ1n) is 6.79. The van der Waals surface area contributed by atoms with Gasteiger partial charge in [0.25, 0.3) is 5.91 Å². The van der Waals surface area contributed by atoms with Crippen LogP contribution in [0.2, 0.25) is 0 Å². The number of H-pyrrole nitrogens is 1. The fourth-order valence-corrected chi connectivity index (χ4v) is 2.41. The quantitative estimate of drug-likeness (QED) is 0.601. The van der Waals surface area contributed by atoms with Crippen molar-refractivity contribution in [2.75, 3.05) is 12.4 Å². The average molecular weight is 309 g/mol. The van der Waals surface area contributed by atoms with E-state index in [1.807, 2.05) is 0 Å². The number of amides is 1. The largest absolute Gasteiger partial charge is 0.481 e. The first kappa shape index (κ1) is 13.3. The summed E-state index contributed by atoms with van der Waals surface area (Å²) in [4.78, 5) is 24.3. The zero-order valence-electron chi connectivity index (χ0n) is 12.0. The summed E-state index contributed by atoms with van der Waals surface area (Å²) in [6, 6.07) is 5.09. The van der Waals surface area contributed by atoms with Gasteiger partial charge in [-0.15, -0.1) is 0 Å². The van der Waals surface area contributed by atoms with Gasteiger partial charge in [0.1, 0.15) is 11.8 Å². The summed E-state index contributed by atoms with van der Waals surface area (Å²) in [7, 11) is 1.54. The third-order valence-electron chi connectivity index (χ3n) is 3.46. The van der Waals surface area contributed by atoms with Crippen molar-refractivity contribution in [1.82, 2.24) is 20.1 Å². The monoisotopic (exact) mass is 309 g/mol. The van der Waals surface area contributed by atoms with Crippen LogP contribution >= 0.6 is 0 Å². The van der Waals surface area contributed by atoms with E-state index >= 15 is 0 Å².